The number of Topliss-reactive ketones (excluding diaryl/α,β-unsaturated/α-hetero) is 1. The summed E-state index contributed by atoms with van der Waals surface area (Å²) in [5, 5.41) is 0. The van der Waals surface area contributed by atoms with E-state index in [0.717, 1.165) is 18.4 Å². The van der Waals surface area contributed by atoms with Crippen LogP contribution in [0.5, 0.6) is 0 Å². The van der Waals surface area contributed by atoms with Crippen molar-refractivity contribution in [3.8, 4) is 0 Å². The Morgan fingerprint density at radius 2 is 1.95 bits per heavy atom. The molecule has 4 heteroatoms. The van der Waals surface area contributed by atoms with Crippen molar-refractivity contribution < 1.29 is 18.0 Å². The molecule has 1 nitrogen and oxygen atoms in total. The van der Waals surface area contributed by atoms with Crippen molar-refractivity contribution in [3.63, 3.8) is 0 Å². The Labute approximate surface area is 123 Å². The van der Waals surface area contributed by atoms with Gasteiger partial charge in [-0.05, 0) is 30.9 Å². The van der Waals surface area contributed by atoms with Crippen LogP contribution in [-0.4, -0.2) is 12.0 Å². The van der Waals surface area contributed by atoms with Gasteiger partial charge in [0.25, 0.3) is 0 Å². The van der Waals surface area contributed by atoms with E-state index in [0.29, 0.717) is 24.8 Å². The van der Waals surface area contributed by atoms with E-state index in [1.165, 1.54) is 0 Å². The molecular weight excluding hydrogens is 277 g/mol. The van der Waals surface area contributed by atoms with Crippen LogP contribution in [0.1, 0.15) is 54.9 Å². The first-order chi connectivity index (χ1) is 9.93. The number of alkyl halides is 3. The largest absolute Gasteiger partial charge is 0.392 e. The number of ketones is 1. The molecule has 116 valence electrons. The Morgan fingerprint density at radius 3 is 2.62 bits per heavy atom. The molecule has 1 aromatic carbocycles. The predicted molar refractivity (Wildman–Crippen MR) is 76.3 cm³/mol. The molecule has 0 radical (unpaired) electrons. The summed E-state index contributed by atoms with van der Waals surface area (Å²) < 4.78 is 39.3. The summed E-state index contributed by atoms with van der Waals surface area (Å²) in [6.07, 6.45) is -0.792. The maximum absolute atomic E-state index is 13.1. The highest BCUT2D eigenvalue weighted by molar-refractivity contribution is 5.98. The number of carbonyl (C=O) groups is 1. The quantitative estimate of drug-likeness (QED) is 0.699. The third-order valence-electron chi connectivity index (χ3n) is 4.27. The van der Waals surface area contributed by atoms with Crippen LogP contribution in [0.2, 0.25) is 0 Å². The summed E-state index contributed by atoms with van der Waals surface area (Å²) in [5.74, 6) is -2.72. The van der Waals surface area contributed by atoms with Crippen LogP contribution in [0.3, 0.4) is 0 Å². The van der Waals surface area contributed by atoms with E-state index in [2.05, 4.69) is 0 Å². The van der Waals surface area contributed by atoms with Crippen LogP contribution in [0.15, 0.2) is 24.3 Å². The summed E-state index contributed by atoms with van der Waals surface area (Å²) >= 11 is 0. The Kier molecular flexibility index (Phi) is 5.07. The van der Waals surface area contributed by atoms with Gasteiger partial charge in [-0.25, -0.2) is 0 Å². The van der Waals surface area contributed by atoms with Gasteiger partial charge in [0.05, 0.1) is 5.92 Å². The maximum Gasteiger partial charge on any atom is 0.392 e. The van der Waals surface area contributed by atoms with E-state index < -0.39 is 18.0 Å². The van der Waals surface area contributed by atoms with Crippen molar-refractivity contribution in [1.82, 2.24) is 0 Å². The molecule has 1 aliphatic carbocycles. The topological polar surface area (TPSA) is 17.1 Å². The maximum atomic E-state index is 13.1. The first kappa shape index (κ1) is 16.1. The van der Waals surface area contributed by atoms with Gasteiger partial charge in [-0.2, -0.15) is 13.2 Å². The smallest absolute Gasteiger partial charge is 0.294 e. The van der Waals surface area contributed by atoms with Crippen LogP contribution in [0.4, 0.5) is 13.2 Å². The van der Waals surface area contributed by atoms with Crippen molar-refractivity contribution in [2.75, 3.05) is 0 Å². The molecule has 1 aliphatic rings. The molecule has 1 fully saturated rings. The second kappa shape index (κ2) is 6.63. The van der Waals surface area contributed by atoms with E-state index in [4.69, 9.17) is 0 Å². The lowest BCUT2D eigenvalue weighted by atomic mass is 9.75. The van der Waals surface area contributed by atoms with E-state index in [-0.39, 0.29) is 12.2 Å². The number of rotatable bonds is 4. The molecule has 2 rings (SSSR count). The predicted octanol–water partition coefficient (Wildman–Crippen LogP) is 5.19. The van der Waals surface area contributed by atoms with Gasteiger partial charge >= 0.3 is 6.18 Å². The Morgan fingerprint density at radius 1 is 1.24 bits per heavy atom. The SMILES string of the molecule is CCCc1cccc(C(=O)C2CCCCC2C(F)(F)F)c1. The minimum absolute atomic E-state index is 0.0779. The normalized spacial score (nSPS) is 23.0. The lowest BCUT2D eigenvalue weighted by molar-refractivity contribution is -0.190. The van der Waals surface area contributed by atoms with E-state index >= 15 is 0 Å². The van der Waals surface area contributed by atoms with Crippen molar-refractivity contribution in [3.05, 3.63) is 35.4 Å². The van der Waals surface area contributed by atoms with E-state index in [9.17, 15) is 18.0 Å². The average Bonchev–Trinajstić information content (AvgIpc) is 2.46. The Bertz CT molecular complexity index is 493. The molecule has 1 aromatic rings. The van der Waals surface area contributed by atoms with Crippen LogP contribution in [-0.2, 0) is 6.42 Å². The minimum atomic E-state index is -4.28. The van der Waals surface area contributed by atoms with Crippen LogP contribution < -0.4 is 0 Å². The molecule has 0 spiro atoms. The van der Waals surface area contributed by atoms with Gasteiger partial charge in [0, 0.05) is 11.5 Å². The van der Waals surface area contributed by atoms with Crippen molar-refractivity contribution in [2.45, 2.75) is 51.6 Å². The molecule has 0 amide bonds. The molecule has 0 aliphatic heterocycles. The highest BCUT2D eigenvalue weighted by Gasteiger charge is 2.47. The van der Waals surface area contributed by atoms with Crippen LogP contribution in [0.25, 0.3) is 0 Å². The summed E-state index contributed by atoms with van der Waals surface area (Å²) in [6.45, 7) is 2.04. The first-order valence-electron chi connectivity index (χ1n) is 7.63. The number of aryl methyl sites for hydroxylation is 1. The lowest BCUT2D eigenvalue weighted by Gasteiger charge is -2.32. The van der Waals surface area contributed by atoms with E-state index in [1.807, 2.05) is 13.0 Å². The second-order valence-electron chi connectivity index (χ2n) is 5.85. The van der Waals surface area contributed by atoms with Crippen LogP contribution in [0, 0.1) is 11.8 Å². The fourth-order valence-electron chi connectivity index (χ4n) is 3.22. The molecular formula is C17H21F3O. The number of halogens is 3. The summed E-state index contributed by atoms with van der Waals surface area (Å²) in [6, 6.07) is 7.09. The third kappa shape index (κ3) is 3.86. The van der Waals surface area contributed by atoms with Crippen molar-refractivity contribution in [2.24, 2.45) is 11.8 Å². The average molecular weight is 298 g/mol. The highest BCUT2D eigenvalue weighted by Crippen LogP contribution is 2.42. The number of carbonyl (C=O) groups excluding carboxylic acids is 1. The summed E-state index contributed by atoms with van der Waals surface area (Å²) in [5.41, 5.74) is 1.45. The van der Waals surface area contributed by atoms with Crippen LogP contribution >= 0.6 is 0 Å². The zero-order valence-corrected chi connectivity index (χ0v) is 12.2. The van der Waals surface area contributed by atoms with Gasteiger partial charge in [-0.3, -0.25) is 4.79 Å². The number of hydrogen-bond donors (Lipinski definition) is 0. The molecule has 21 heavy (non-hydrogen) atoms. The number of benzene rings is 1. The molecule has 2 unspecified atom stereocenters. The molecule has 0 aromatic heterocycles. The second-order valence-corrected chi connectivity index (χ2v) is 5.85. The fourth-order valence-corrected chi connectivity index (χ4v) is 3.22. The lowest BCUT2D eigenvalue weighted by Crippen LogP contribution is -2.37. The van der Waals surface area contributed by atoms with Gasteiger partial charge in [0.1, 0.15) is 0 Å². The van der Waals surface area contributed by atoms with Crippen molar-refractivity contribution in [1.29, 1.82) is 0 Å². The molecule has 0 bridgehead atoms. The molecule has 2 atom stereocenters. The molecule has 0 saturated heterocycles. The third-order valence-corrected chi connectivity index (χ3v) is 4.27. The van der Waals surface area contributed by atoms with Gasteiger partial charge in [-0.1, -0.05) is 44.4 Å². The first-order valence-corrected chi connectivity index (χ1v) is 7.63. The van der Waals surface area contributed by atoms with Crippen molar-refractivity contribution >= 4 is 5.78 Å². The molecule has 0 heterocycles. The fraction of sp³-hybridized carbons (Fsp3) is 0.588. The monoisotopic (exact) mass is 298 g/mol. The minimum Gasteiger partial charge on any atom is -0.294 e. The summed E-state index contributed by atoms with van der Waals surface area (Å²) in [7, 11) is 0. The van der Waals surface area contributed by atoms with Gasteiger partial charge in [0.2, 0.25) is 0 Å². The summed E-state index contributed by atoms with van der Waals surface area (Å²) in [4.78, 5) is 12.5. The Balaban J connectivity index is 2.22. The highest BCUT2D eigenvalue weighted by atomic mass is 19.4. The zero-order valence-electron chi connectivity index (χ0n) is 12.2. The Hall–Kier alpha value is -1.32. The standard InChI is InChI=1S/C17H21F3O/c1-2-6-12-7-5-8-13(11-12)16(21)14-9-3-4-10-15(14)17(18,19)20/h5,7-8,11,14-15H,2-4,6,9-10H2,1H3. The molecule has 0 N–H and O–H groups in total. The zero-order chi connectivity index (χ0) is 15.5. The van der Waals surface area contributed by atoms with E-state index in [1.54, 1.807) is 18.2 Å². The van der Waals surface area contributed by atoms with Gasteiger partial charge in [0.15, 0.2) is 5.78 Å². The number of hydrogen-bond acceptors (Lipinski definition) is 1. The van der Waals surface area contributed by atoms with Gasteiger partial charge < -0.3 is 0 Å². The molecule has 1 saturated carbocycles. The van der Waals surface area contributed by atoms with Gasteiger partial charge in [-0.15, -0.1) is 0 Å².